The van der Waals surface area contributed by atoms with Crippen LogP contribution in [0, 0.1) is 5.92 Å². The van der Waals surface area contributed by atoms with Gasteiger partial charge in [-0.2, -0.15) is 13.2 Å². The first kappa shape index (κ1) is 16.8. The average molecular weight is 429 g/mol. The lowest BCUT2D eigenvalue weighted by Gasteiger charge is -2.34. The third kappa shape index (κ3) is 4.00. The topological polar surface area (TPSA) is 20.3 Å². The van der Waals surface area contributed by atoms with Crippen LogP contribution in [0.2, 0.25) is 0 Å². The fourth-order valence-corrected chi connectivity index (χ4v) is 3.82. The Bertz CT molecular complexity index is 542. The molecule has 0 N–H and O–H groups in total. The lowest BCUT2D eigenvalue weighted by molar-refractivity contribution is -0.137. The van der Waals surface area contributed by atoms with Gasteiger partial charge in [0.05, 0.1) is 11.1 Å². The van der Waals surface area contributed by atoms with Gasteiger partial charge >= 0.3 is 6.18 Å². The number of halogens is 5. The van der Waals surface area contributed by atoms with Crippen molar-refractivity contribution in [2.75, 3.05) is 13.6 Å². The first-order chi connectivity index (χ1) is 9.68. The maximum Gasteiger partial charge on any atom is 0.416 e. The number of alkyl halides is 4. The number of carbonyl (C=O) groups is 1. The summed E-state index contributed by atoms with van der Waals surface area (Å²) in [6.07, 6.45) is -2.48. The second-order valence-corrected chi connectivity index (χ2v) is 7.46. The molecule has 2 nitrogen and oxygen atoms in total. The zero-order chi connectivity index (χ0) is 15.8. The van der Waals surface area contributed by atoms with Gasteiger partial charge in [-0.05, 0) is 52.9 Å². The Balaban J connectivity index is 2.14. The zero-order valence-corrected chi connectivity index (χ0v) is 14.4. The quantitative estimate of drug-likeness (QED) is 0.638. The molecular formula is C14H14Br2F3NO. The number of nitrogens with zero attached hydrogens (tertiary/aromatic N) is 1. The maximum atomic E-state index is 12.7. The van der Waals surface area contributed by atoms with Gasteiger partial charge in [0.2, 0.25) is 0 Å². The molecule has 1 aliphatic rings. The number of rotatable bonds is 3. The molecule has 0 aliphatic heterocycles. The second kappa shape index (κ2) is 6.28. The van der Waals surface area contributed by atoms with E-state index in [1.165, 1.54) is 11.0 Å². The largest absolute Gasteiger partial charge is 0.416 e. The lowest BCUT2D eigenvalue weighted by Crippen LogP contribution is -2.38. The highest BCUT2D eigenvalue weighted by Gasteiger charge is 2.33. The van der Waals surface area contributed by atoms with Gasteiger partial charge in [0.25, 0.3) is 5.91 Å². The molecule has 0 spiro atoms. The van der Waals surface area contributed by atoms with Gasteiger partial charge < -0.3 is 4.90 Å². The second-order valence-electron chi connectivity index (χ2n) is 5.31. The van der Waals surface area contributed by atoms with Crippen molar-refractivity contribution in [3.8, 4) is 0 Å². The molecule has 0 bridgehead atoms. The van der Waals surface area contributed by atoms with E-state index in [9.17, 15) is 18.0 Å². The van der Waals surface area contributed by atoms with E-state index in [0.717, 1.165) is 25.0 Å². The van der Waals surface area contributed by atoms with Crippen molar-refractivity contribution >= 4 is 37.8 Å². The van der Waals surface area contributed by atoms with E-state index in [1.54, 1.807) is 7.05 Å². The van der Waals surface area contributed by atoms with E-state index < -0.39 is 17.6 Å². The van der Waals surface area contributed by atoms with Crippen LogP contribution in [0.1, 0.15) is 28.8 Å². The lowest BCUT2D eigenvalue weighted by atomic mass is 9.85. The molecule has 1 amide bonds. The van der Waals surface area contributed by atoms with Crippen molar-refractivity contribution in [3.05, 3.63) is 33.8 Å². The molecule has 116 valence electrons. The molecule has 7 heteroatoms. The van der Waals surface area contributed by atoms with Crippen molar-refractivity contribution in [2.45, 2.75) is 23.8 Å². The van der Waals surface area contributed by atoms with Gasteiger partial charge in [0, 0.05) is 22.9 Å². The highest BCUT2D eigenvalue weighted by molar-refractivity contribution is 9.10. The minimum atomic E-state index is -4.45. The number of hydrogen-bond donors (Lipinski definition) is 0. The predicted molar refractivity (Wildman–Crippen MR) is 81.5 cm³/mol. The van der Waals surface area contributed by atoms with Gasteiger partial charge in [0.1, 0.15) is 0 Å². The molecule has 1 saturated carbocycles. The van der Waals surface area contributed by atoms with Crippen LogP contribution < -0.4 is 0 Å². The van der Waals surface area contributed by atoms with E-state index in [4.69, 9.17) is 0 Å². The first-order valence-corrected chi connectivity index (χ1v) is 8.15. The van der Waals surface area contributed by atoms with Crippen molar-refractivity contribution in [3.63, 3.8) is 0 Å². The zero-order valence-electron chi connectivity index (χ0n) is 11.3. The standard InChI is InChI=1S/C14H14Br2F3NO/c1-20(7-8-4-10(15)5-8)13(21)11-6-9(14(17,18)19)2-3-12(11)16/h2-3,6,8,10H,4-5,7H2,1H3. The summed E-state index contributed by atoms with van der Waals surface area (Å²) in [4.78, 5) is 14.3. The minimum Gasteiger partial charge on any atom is -0.341 e. The highest BCUT2D eigenvalue weighted by atomic mass is 79.9. The molecule has 0 atom stereocenters. The molecule has 1 aromatic rings. The number of benzene rings is 1. The van der Waals surface area contributed by atoms with Gasteiger partial charge in [-0.15, -0.1) is 0 Å². The first-order valence-electron chi connectivity index (χ1n) is 6.44. The Labute approximate surface area is 137 Å². The Kier molecular flexibility index (Phi) is 5.03. The normalized spacial score (nSPS) is 21.8. The predicted octanol–water partition coefficient (Wildman–Crippen LogP) is 4.71. The fourth-order valence-electron chi connectivity index (χ4n) is 2.34. The summed E-state index contributed by atoms with van der Waals surface area (Å²) in [5.74, 6) is 0.0129. The van der Waals surface area contributed by atoms with Crippen LogP contribution in [0.25, 0.3) is 0 Å². The van der Waals surface area contributed by atoms with E-state index in [0.29, 0.717) is 21.8 Å². The van der Waals surface area contributed by atoms with Crippen LogP contribution >= 0.6 is 31.9 Å². The van der Waals surface area contributed by atoms with Crippen LogP contribution in [0.4, 0.5) is 13.2 Å². The summed E-state index contributed by atoms with van der Waals surface area (Å²) < 4.78 is 38.6. The molecule has 0 heterocycles. The minimum absolute atomic E-state index is 0.0436. The van der Waals surface area contributed by atoms with E-state index in [2.05, 4.69) is 31.9 Å². The summed E-state index contributed by atoms with van der Waals surface area (Å²) >= 11 is 6.63. The molecule has 1 aromatic carbocycles. The van der Waals surface area contributed by atoms with Gasteiger partial charge in [0.15, 0.2) is 0 Å². The number of amides is 1. The Hall–Kier alpha value is -0.560. The smallest absolute Gasteiger partial charge is 0.341 e. The summed E-state index contributed by atoms with van der Waals surface area (Å²) in [6.45, 7) is 0.559. The van der Waals surface area contributed by atoms with E-state index in [-0.39, 0.29) is 5.56 Å². The monoisotopic (exact) mass is 427 g/mol. The van der Waals surface area contributed by atoms with Crippen molar-refractivity contribution < 1.29 is 18.0 Å². The molecule has 0 saturated heterocycles. The Morgan fingerprint density at radius 2 is 2.00 bits per heavy atom. The van der Waals surface area contributed by atoms with Crippen LogP contribution in [0.5, 0.6) is 0 Å². The average Bonchev–Trinajstić information content (AvgIpc) is 2.35. The summed E-state index contributed by atoms with van der Waals surface area (Å²) in [7, 11) is 1.62. The highest BCUT2D eigenvalue weighted by Crippen LogP contribution is 2.35. The molecule has 0 radical (unpaired) electrons. The van der Waals surface area contributed by atoms with Crippen LogP contribution in [-0.4, -0.2) is 29.2 Å². The summed E-state index contributed by atoms with van der Waals surface area (Å²) in [5, 5.41) is 0. The van der Waals surface area contributed by atoms with Crippen molar-refractivity contribution in [1.29, 1.82) is 0 Å². The van der Waals surface area contributed by atoms with Gasteiger partial charge in [-0.3, -0.25) is 4.79 Å². The molecule has 2 rings (SSSR count). The molecule has 0 aromatic heterocycles. The summed E-state index contributed by atoms with van der Waals surface area (Å²) in [5.41, 5.74) is -0.770. The molecule has 1 aliphatic carbocycles. The van der Waals surface area contributed by atoms with E-state index in [1.807, 2.05) is 0 Å². The Morgan fingerprint density at radius 3 is 2.52 bits per heavy atom. The van der Waals surface area contributed by atoms with Crippen LogP contribution in [0.3, 0.4) is 0 Å². The van der Waals surface area contributed by atoms with E-state index >= 15 is 0 Å². The third-order valence-electron chi connectivity index (χ3n) is 3.58. The summed E-state index contributed by atoms with van der Waals surface area (Å²) in [6, 6.07) is 3.13. The van der Waals surface area contributed by atoms with Crippen LogP contribution in [0.15, 0.2) is 22.7 Å². The SMILES string of the molecule is CN(CC1CC(Br)C1)C(=O)c1cc(C(F)(F)F)ccc1Br. The molecular weight excluding hydrogens is 415 g/mol. The molecule has 0 unspecified atom stereocenters. The fraction of sp³-hybridized carbons (Fsp3) is 0.500. The number of carbonyl (C=O) groups excluding carboxylic acids is 1. The van der Waals surface area contributed by atoms with Gasteiger partial charge in [-0.25, -0.2) is 0 Å². The number of hydrogen-bond acceptors (Lipinski definition) is 1. The maximum absolute atomic E-state index is 12.7. The Morgan fingerprint density at radius 1 is 1.38 bits per heavy atom. The third-order valence-corrected chi connectivity index (χ3v) is 5.02. The van der Waals surface area contributed by atoms with Crippen LogP contribution in [-0.2, 0) is 6.18 Å². The molecule has 1 fully saturated rings. The van der Waals surface area contributed by atoms with Crippen molar-refractivity contribution in [1.82, 2.24) is 4.90 Å². The van der Waals surface area contributed by atoms with Gasteiger partial charge in [-0.1, -0.05) is 15.9 Å². The molecule has 21 heavy (non-hydrogen) atoms. The van der Waals surface area contributed by atoms with Crippen molar-refractivity contribution in [2.24, 2.45) is 5.92 Å².